The van der Waals surface area contributed by atoms with E-state index >= 15 is 0 Å². The van der Waals surface area contributed by atoms with Crippen LogP contribution in [0.15, 0.2) is 24.3 Å². The summed E-state index contributed by atoms with van der Waals surface area (Å²) < 4.78 is 28.4. The maximum atomic E-state index is 11.6. The molecule has 2 heterocycles. The molecule has 144 valence electrons. The predicted molar refractivity (Wildman–Crippen MR) is 90.8 cm³/mol. The quantitative estimate of drug-likeness (QED) is 0.813. The molecule has 1 aromatic rings. The molecule has 2 aliphatic heterocycles. The predicted octanol–water partition coefficient (Wildman–Crippen LogP) is 0.816. The lowest BCUT2D eigenvalue weighted by molar-refractivity contribution is -0.361. The summed E-state index contributed by atoms with van der Waals surface area (Å²) in [6, 6.07) is 6.16. The van der Waals surface area contributed by atoms with Gasteiger partial charge in [-0.1, -0.05) is 0 Å². The number of aliphatic hydroxyl groups excluding tert-OH is 1. The molecule has 0 aromatic heterocycles. The molecule has 0 spiro atoms. The van der Waals surface area contributed by atoms with Gasteiger partial charge in [-0.15, -0.1) is 0 Å². The van der Waals surface area contributed by atoms with Gasteiger partial charge in [0.25, 0.3) is 0 Å². The lowest BCUT2D eigenvalue weighted by atomic mass is 9.95. The van der Waals surface area contributed by atoms with Crippen molar-refractivity contribution in [2.75, 3.05) is 13.7 Å². The minimum atomic E-state index is -1.01. The lowest BCUT2D eigenvalue weighted by Crippen LogP contribution is -2.69. The Morgan fingerprint density at radius 1 is 1.27 bits per heavy atom. The molecule has 26 heavy (non-hydrogen) atoms. The smallest absolute Gasteiger partial charge is 0.223 e. The summed E-state index contributed by atoms with van der Waals surface area (Å²) in [6.45, 7) is 5.16. The molecule has 2 aliphatic rings. The summed E-state index contributed by atoms with van der Waals surface area (Å²) in [5.74, 6) is 0.0768. The van der Waals surface area contributed by atoms with Gasteiger partial charge in [0.2, 0.25) is 12.2 Å². The van der Waals surface area contributed by atoms with Gasteiger partial charge >= 0.3 is 0 Å². The van der Waals surface area contributed by atoms with E-state index in [-0.39, 0.29) is 12.5 Å². The number of benzene rings is 1. The van der Waals surface area contributed by atoms with Gasteiger partial charge < -0.3 is 34.1 Å². The van der Waals surface area contributed by atoms with Gasteiger partial charge in [0.15, 0.2) is 5.79 Å². The number of methoxy groups -OCH3 is 1. The molecule has 2 fully saturated rings. The summed E-state index contributed by atoms with van der Waals surface area (Å²) in [5, 5.41) is 13.5. The minimum absolute atomic E-state index is 0.254. The van der Waals surface area contributed by atoms with Crippen LogP contribution in [0.3, 0.4) is 0 Å². The first-order valence-electron chi connectivity index (χ1n) is 8.52. The topological polar surface area (TPSA) is 95.5 Å². The molecular formula is C18H25NO7. The molecular weight excluding hydrogens is 342 g/mol. The van der Waals surface area contributed by atoms with E-state index in [9.17, 15) is 9.90 Å². The van der Waals surface area contributed by atoms with Crippen LogP contribution in [0.4, 0.5) is 0 Å². The maximum absolute atomic E-state index is 11.6. The van der Waals surface area contributed by atoms with Crippen molar-refractivity contribution < 1.29 is 33.6 Å². The maximum Gasteiger partial charge on any atom is 0.223 e. The highest BCUT2D eigenvalue weighted by Gasteiger charge is 2.52. The zero-order chi connectivity index (χ0) is 18.9. The number of hydrogen-bond acceptors (Lipinski definition) is 7. The highest BCUT2D eigenvalue weighted by Crippen LogP contribution is 2.33. The Morgan fingerprint density at radius 2 is 1.92 bits per heavy atom. The Balaban J connectivity index is 1.79. The van der Waals surface area contributed by atoms with Crippen LogP contribution < -0.4 is 14.8 Å². The van der Waals surface area contributed by atoms with Crippen molar-refractivity contribution in [3.05, 3.63) is 24.3 Å². The lowest BCUT2D eigenvalue weighted by Gasteiger charge is -2.49. The fourth-order valence-electron chi connectivity index (χ4n) is 3.12. The van der Waals surface area contributed by atoms with Gasteiger partial charge in [-0.05, 0) is 38.1 Å². The van der Waals surface area contributed by atoms with Gasteiger partial charge in [0.1, 0.15) is 35.9 Å². The number of nitrogens with one attached hydrogen (secondary N) is 1. The first kappa shape index (κ1) is 18.9. The van der Waals surface area contributed by atoms with Crippen molar-refractivity contribution in [1.82, 2.24) is 5.32 Å². The second-order valence-electron chi connectivity index (χ2n) is 6.85. The number of amides is 1. The summed E-state index contributed by atoms with van der Waals surface area (Å²) in [6.07, 6.45) is -3.04. The van der Waals surface area contributed by atoms with E-state index in [1.807, 2.05) is 0 Å². The van der Waals surface area contributed by atoms with E-state index in [0.29, 0.717) is 11.5 Å². The Kier molecular flexibility index (Phi) is 5.38. The van der Waals surface area contributed by atoms with Crippen molar-refractivity contribution in [3.8, 4) is 11.5 Å². The Bertz CT molecular complexity index is 633. The number of hydrogen-bond donors (Lipinski definition) is 2. The second-order valence-corrected chi connectivity index (χ2v) is 6.85. The number of ether oxygens (including phenoxy) is 5. The molecule has 2 saturated heterocycles. The summed E-state index contributed by atoms with van der Waals surface area (Å²) in [7, 11) is 1.58. The van der Waals surface area contributed by atoms with Crippen LogP contribution in [0.1, 0.15) is 20.8 Å². The first-order chi connectivity index (χ1) is 12.3. The van der Waals surface area contributed by atoms with Gasteiger partial charge in [-0.25, -0.2) is 0 Å². The molecule has 0 saturated carbocycles. The van der Waals surface area contributed by atoms with Crippen LogP contribution in [-0.4, -0.2) is 61.2 Å². The van der Waals surface area contributed by atoms with Crippen LogP contribution in [0.25, 0.3) is 0 Å². The summed E-state index contributed by atoms with van der Waals surface area (Å²) in [5.41, 5.74) is 0. The monoisotopic (exact) mass is 367 g/mol. The van der Waals surface area contributed by atoms with E-state index in [2.05, 4.69) is 5.32 Å². The van der Waals surface area contributed by atoms with Crippen LogP contribution in [-0.2, 0) is 19.0 Å². The van der Waals surface area contributed by atoms with Crippen molar-refractivity contribution in [3.63, 3.8) is 0 Å². The highest BCUT2D eigenvalue weighted by molar-refractivity contribution is 5.73. The Hall–Kier alpha value is -1.87. The van der Waals surface area contributed by atoms with E-state index in [0.717, 1.165) is 0 Å². The zero-order valence-electron chi connectivity index (χ0n) is 15.3. The molecule has 8 nitrogen and oxygen atoms in total. The molecule has 5 atom stereocenters. The normalized spacial score (nSPS) is 33.0. The van der Waals surface area contributed by atoms with E-state index in [4.69, 9.17) is 23.7 Å². The molecule has 8 heteroatoms. The van der Waals surface area contributed by atoms with E-state index in [1.165, 1.54) is 6.92 Å². The Morgan fingerprint density at radius 3 is 2.54 bits per heavy atom. The van der Waals surface area contributed by atoms with Crippen LogP contribution in [0, 0.1) is 0 Å². The SMILES string of the molecule is COc1ccc(O[C@@H]2O[C@@H]3COC(C)(C)O[C@@H]3[C@@H](O)[C@H]2NC(C)=O)cc1. The van der Waals surface area contributed by atoms with Gasteiger partial charge in [-0.2, -0.15) is 0 Å². The van der Waals surface area contributed by atoms with Crippen molar-refractivity contribution in [1.29, 1.82) is 0 Å². The highest BCUT2D eigenvalue weighted by atomic mass is 16.8. The summed E-state index contributed by atoms with van der Waals surface area (Å²) >= 11 is 0. The van der Waals surface area contributed by atoms with Crippen LogP contribution in [0.5, 0.6) is 11.5 Å². The number of aliphatic hydroxyl groups is 1. The molecule has 1 amide bonds. The zero-order valence-corrected chi connectivity index (χ0v) is 15.3. The molecule has 0 bridgehead atoms. The van der Waals surface area contributed by atoms with Crippen molar-refractivity contribution in [2.24, 2.45) is 0 Å². The standard InChI is InChI=1S/C18H25NO7/c1-10(20)19-14-15(21)16-13(9-23-18(2,3)26-16)25-17(14)24-12-7-5-11(22-4)6-8-12/h5-8,13-17,21H,9H2,1-4H3,(H,19,20)/t13-,14-,15+,16+,17-/m1/s1. The third kappa shape index (κ3) is 4.09. The van der Waals surface area contributed by atoms with Gasteiger partial charge in [-0.3, -0.25) is 4.79 Å². The van der Waals surface area contributed by atoms with E-state index in [1.54, 1.807) is 45.2 Å². The largest absolute Gasteiger partial charge is 0.497 e. The number of carbonyl (C=O) groups excluding carboxylic acids is 1. The third-order valence-corrected chi connectivity index (χ3v) is 4.37. The van der Waals surface area contributed by atoms with Crippen molar-refractivity contribution >= 4 is 5.91 Å². The molecule has 0 unspecified atom stereocenters. The molecule has 1 aromatic carbocycles. The fourth-order valence-corrected chi connectivity index (χ4v) is 3.12. The van der Waals surface area contributed by atoms with Gasteiger partial charge in [0.05, 0.1) is 13.7 Å². The van der Waals surface area contributed by atoms with Crippen LogP contribution in [0.2, 0.25) is 0 Å². The minimum Gasteiger partial charge on any atom is -0.497 e. The van der Waals surface area contributed by atoms with Crippen LogP contribution >= 0.6 is 0 Å². The number of fused-ring (bicyclic) bond motifs is 1. The third-order valence-electron chi connectivity index (χ3n) is 4.37. The summed E-state index contributed by atoms with van der Waals surface area (Å²) in [4.78, 5) is 11.6. The van der Waals surface area contributed by atoms with Crippen molar-refractivity contribution in [2.45, 2.75) is 57.2 Å². The molecule has 0 radical (unpaired) electrons. The van der Waals surface area contributed by atoms with E-state index < -0.39 is 36.4 Å². The number of carbonyl (C=O) groups is 1. The second kappa shape index (κ2) is 7.40. The molecule has 0 aliphatic carbocycles. The first-order valence-corrected chi connectivity index (χ1v) is 8.52. The average molecular weight is 367 g/mol. The fraction of sp³-hybridized carbons (Fsp3) is 0.611. The molecule has 3 rings (SSSR count). The molecule has 2 N–H and O–H groups in total. The van der Waals surface area contributed by atoms with Gasteiger partial charge in [0, 0.05) is 6.92 Å². The Labute approximate surface area is 152 Å². The number of rotatable bonds is 4. The average Bonchev–Trinajstić information content (AvgIpc) is 2.59.